The van der Waals surface area contributed by atoms with Crippen LogP contribution >= 0.6 is 0 Å². The second-order valence-electron chi connectivity index (χ2n) is 3.93. The van der Waals surface area contributed by atoms with Gasteiger partial charge in [-0.05, 0) is 18.6 Å². The molecule has 116 valence electrons. The van der Waals surface area contributed by atoms with Gasteiger partial charge in [0.1, 0.15) is 5.82 Å². The molecular weight excluding hydrogens is 292 g/mol. The lowest BCUT2D eigenvalue weighted by Gasteiger charge is -2.14. The lowest BCUT2D eigenvalue weighted by atomic mass is 10.1. The summed E-state index contributed by atoms with van der Waals surface area (Å²) in [6, 6.07) is 1.52. The van der Waals surface area contributed by atoms with E-state index in [0.29, 0.717) is 19.1 Å². The third-order valence-corrected chi connectivity index (χ3v) is 2.40. The first kappa shape index (κ1) is 16.8. The highest BCUT2D eigenvalue weighted by atomic mass is 19.4. The maximum Gasteiger partial charge on any atom is 0.418 e. The van der Waals surface area contributed by atoms with Crippen molar-refractivity contribution in [2.75, 3.05) is 18.5 Å². The largest absolute Gasteiger partial charge is 0.502 e. The molecule has 2 N–H and O–H groups in total. The summed E-state index contributed by atoms with van der Waals surface area (Å²) in [7, 11) is 0. The van der Waals surface area contributed by atoms with Gasteiger partial charge in [0.05, 0.1) is 24.1 Å². The number of ether oxygens (including phenoxy) is 1. The molecule has 0 aliphatic carbocycles. The normalized spacial score (nSPS) is 10.9. The average Bonchev–Trinajstić information content (AvgIpc) is 2.39. The number of anilines is 1. The second-order valence-corrected chi connectivity index (χ2v) is 3.93. The maximum absolute atomic E-state index is 13.5. The third-order valence-electron chi connectivity index (χ3n) is 2.40. The summed E-state index contributed by atoms with van der Waals surface area (Å²) in [5, 5.41) is 4.17. The van der Waals surface area contributed by atoms with Gasteiger partial charge in [0.2, 0.25) is 0 Å². The van der Waals surface area contributed by atoms with E-state index in [2.05, 4.69) is 11.9 Å². The van der Waals surface area contributed by atoms with Crippen molar-refractivity contribution in [3.05, 3.63) is 42.4 Å². The van der Waals surface area contributed by atoms with Gasteiger partial charge in [-0.3, -0.25) is 0 Å². The first-order valence-electron chi connectivity index (χ1n) is 5.99. The molecule has 0 bridgehead atoms. The van der Waals surface area contributed by atoms with Gasteiger partial charge in [0, 0.05) is 6.54 Å². The molecule has 0 saturated heterocycles. The number of amides is 2. The SMILES string of the molecule is C=COCCCNC(=O)Nc1c(F)cccc1C(F)(F)F. The van der Waals surface area contributed by atoms with E-state index < -0.39 is 29.3 Å². The quantitative estimate of drug-likeness (QED) is 0.480. The molecule has 0 aliphatic rings. The Balaban J connectivity index is 2.66. The molecule has 0 spiro atoms. The molecule has 0 heterocycles. The van der Waals surface area contributed by atoms with Crippen LogP contribution in [-0.2, 0) is 10.9 Å². The van der Waals surface area contributed by atoms with Crippen LogP contribution in [0.2, 0.25) is 0 Å². The van der Waals surface area contributed by atoms with Crippen molar-refractivity contribution in [2.45, 2.75) is 12.6 Å². The molecule has 21 heavy (non-hydrogen) atoms. The van der Waals surface area contributed by atoms with E-state index in [4.69, 9.17) is 4.74 Å². The minimum absolute atomic E-state index is 0.162. The number of nitrogens with one attached hydrogen (secondary N) is 2. The summed E-state index contributed by atoms with van der Waals surface area (Å²) in [4.78, 5) is 11.5. The number of para-hydroxylation sites is 1. The van der Waals surface area contributed by atoms with Crippen molar-refractivity contribution in [2.24, 2.45) is 0 Å². The Morgan fingerprint density at radius 2 is 2.10 bits per heavy atom. The smallest absolute Gasteiger partial charge is 0.418 e. The summed E-state index contributed by atoms with van der Waals surface area (Å²) in [5.41, 5.74) is -2.14. The molecule has 0 atom stereocenters. The zero-order valence-corrected chi connectivity index (χ0v) is 11.0. The van der Waals surface area contributed by atoms with E-state index in [9.17, 15) is 22.4 Å². The Morgan fingerprint density at radius 3 is 2.71 bits per heavy atom. The van der Waals surface area contributed by atoms with Crippen LogP contribution in [0.15, 0.2) is 31.0 Å². The minimum atomic E-state index is -4.76. The Bertz CT molecular complexity index is 503. The standard InChI is InChI=1S/C13H14F4N2O2/c1-2-21-8-4-7-18-12(20)19-11-9(13(15,16)17)5-3-6-10(11)14/h2-3,5-6H,1,4,7-8H2,(H2,18,19,20). The summed E-state index contributed by atoms with van der Waals surface area (Å²) in [6.45, 7) is 3.79. The Kier molecular flexibility index (Phi) is 6.01. The second kappa shape index (κ2) is 7.51. The van der Waals surface area contributed by atoms with E-state index in [1.165, 1.54) is 6.26 Å². The molecule has 2 amide bonds. The number of halogens is 4. The van der Waals surface area contributed by atoms with Crippen molar-refractivity contribution in [3.63, 3.8) is 0 Å². The third kappa shape index (κ3) is 5.33. The molecule has 0 saturated carbocycles. The number of hydrogen-bond acceptors (Lipinski definition) is 2. The van der Waals surface area contributed by atoms with Gasteiger partial charge in [-0.2, -0.15) is 13.2 Å². The lowest BCUT2D eigenvalue weighted by Crippen LogP contribution is -2.31. The number of urea groups is 1. The molecule has 0 aliphatic heterocycles. The minimum Gasteiger partial charge on any atom is -0.502 e. The summed E-state index contributed by atoms with van der Waals surface area (Å²) in [6.07, 6.45) is -3.10. The van der Waals surface area contributed by atoms with Crippen LogP contribution in [0, 0.1) is 5.82 Å². The van der Waals surface area contributed by atoms with Crippen LogP contribution in [0.3, 0.4) is 0 Å². The van der Waals surface area contributed by atoms with E-state index in [1.807, 2.05) is 5.32 Å². The highest BCUT2D eigenvalue weighted by molar-refractivity contribution is 5.90. The number of rotatable bonds is 6. The molecule has 8 heteroatoms. The number of hydrogen-bond donors (Lipinski definition) is 2. The first-order chi connectivity index (χ1) is 9.86. The van der Waals surface area contributed by atoms with Gasteiger partial charge in [-0.1, -0.05) is 12.6 Å². The van der Waals surface area contributed by atoms with Crippen LogP contribution in [0.1, 0.15) is 12.0 Å². The lowest BCUT2D eigenvalue weighted by molar-refractivity contribution is -0.137. The van der Waals surface area contributed by atoms with Crippen LogP contribution in [0.4, 0.5) is 28.0 Å². The molecule has 0 unspecified atom stereocenters. The van der Waals surface area contributed by atoms with Crippen LogP contribution in [0.25, 0.3) is 0 Å². The van der Waals surface area contributed by atoms with Crippen LogP contribution < -0.4 is 10.6 Å². The van der Waals surface area contributed by atoms with Crippen molar-refractivity contribution < 1.29 is 27.1 Å². The predicted octanol–water partition coefficient (Wildman–Crippen LogP) is 3.52. The maximum atomic E-state index is 13.5. The fraction of sp³-hybridized carbons (Fsp3) is 0.308. The molecule has 0 fully saturated rings. The molecule has 0 aromatic heterocycles. The average molecular weight is 306 g/mol. The molecule has 1 rings (SSSR count). The topological polar surface area (TPSA) is 50.4 Å². The van der Waals surface area contributed by atoms with E-state index in [0.717, 1.165) is 12.1 Å². The zero-order valence-electron chi connectivity index (χ0n) is 11.0. The number of benzene rings is 1. The molecule has 4 nitrogen and oxygen atoms in total. The van der Waals surface area contributed by atoms with Gasteiger partial charge in [-0.25, -0.2) is 9.18 Å². The fourth-order valence-electron chi connectivity index (χ4n) is 1.49. The fourth-order valence-corrected chi connectivity index (χ4v) is 1.49. The summed E-state index contributed by atoms with van der Waals surface area (Å²) in [5.74, 6) is -1.16. The Hall–Kier alpha value is -2.25. The Labute approximate surface area is 118 Å². The first-order valence-corrected chi connectivity index (χ1v) is 5.99. The molecule has 0 radical (unpaired) electrons. The van der Waals surface area contributed by atoms with E-state index >= 15 is 0 Å². The van der Waals surface area contributed by atoms with Crippen molar-refractivity contribution in [3.8, 4) is 0 Å². The predicted molar refractivity (Wildman–Crippen MR) is 69.2 cm³/mol. The van der Waals surface area contributed by atoms with Crippen molar-refractivity contribution >= 4 is 11.7 Å². The van der Waals surface area contributed by atoms with E-state index in [-0.39, 0.29) is 6.54 Å². The van der Waals surface area contributed by atoms with Gasteiger partial charge in [0.15, 0.2) is 0 Å². The number of alkyl halides is 3. The van der Waals surface area contributed by atoms with Gasteiger partial charge < -0.3 is 15.4 Å². The monoisotopic (exact) mass is 306 g/mol. The number of carbonyl (C=O) groups excluding carboxylic acids is 1. The highest BCUT2D eigenvalue weighted by Crippen LogP contribution is 2.35. The van der Waals surface area contributed by atoms with Crippen molar-refractivity contribution in [1.29, 1.82) is 0 Å². The van der Waals surface area contributed by atoms with Crippen LogP contribution in [-0.4, -0.2) is 19.2 Å². The van der Waals surface area contributed by atoms with Gasteiger partial charge in [-0.15, -0.1) is 0 Å². The zero-order chi connectivity index (χ0) is 15.9. The van der Waals surface area contributed by atoms with E-state index in [1.54, 1.807) is 0 Å². The Morgan fingerprint density at radius 1 is 1.38 bits per heavy atom. The highest BCUT2D eigenvalue weighted by Gasteiger charge is 2.35. The van der Waals surface area contributed by atoms with Gasteiger partial charge >= 0.3 is 12.2 Å². The summed E-state index contributed by atoms with van der Waals surface area (Å²) < 4.78 is 56.4. The summed E-state index contributed by atoms with van der Waals surface area (Å²) >= 11 is 0. The molecule has 1 aromatic rings. The molecule has 1 aromatic carbocycles. The van der Waals surface area contributed by atoms with Gasteiger partial charge in [0.25, 0.3) is 0 Å². The van der Waals surface area contributed by atoms with Crippen LogP contribution in [0.5, 0.6) is 0 Å². The van der Waals surface area contributed by atoms with Crippen molar-refractivity contribution in [1.82, 2.24) is 5.32 Å². The number of carbonyl (C=O) groups is 1. The molecular formula is C13H14F4N2O2.